The van der Waals surface area contributed by atoms with Gasteiger partial charge >= 0.3 is 0 Å². The number of hydrogen-bond donors (Lipinski definition) is 1. The van der Waals surface area contributed by atoms with Crippen molar-refractivity contribution in [1.82, 2.24) is 9.47 Å². The zero-order chi connectivity index (χ0) is 17.7. The average molecular weight is 332 g/mol. The van der Waals surface area contributed by atoms with E-state index in [-0.39, 0.29) is 24.4 Å². The van der Waals surface area contributed by atoms with Crippen LogP contribution in [0, 0.1) is 30.9 Å². The van der Waals surface area contributed by atoms with Gasteiger partial charge in [0.25, 0.3) is 0 Å². The zero-order valence-electron chi connectivity index (χ0n) is 13.3. The van der Waals surface area contributed by atoms with Crippen LogP contribution >= 0.6 is 0 Å². The number of nitrogens with zero attached hydrogens (tertiary/aromatic N) is 2. The van der Waals surface area contributed by atoms with Crippen molar-refractivity contribution in [2.75, 3.05) is 13.1 Å². The first-order chi connectivity index (χ1) is 11.4. The van der Waals surface area contributed by atoms with Crippen molar-refractivity contribution < 1.29 is 13.9 Å². The van der Waals surface area contributed by atoms with Gasteiger partial charge in [0.05, 0.1) is 12.2 Å². The molecule has 0 aliphatic heterocycles. The second-order valence-electron chi connectivity index (χ2n) is 5.46. The SMILES string of the molecule is C#CCN(CCn1ccc(=O)c(O)c1C)Cc1cc(F)ccc1F. The van der Waals surface area contributed by atoms with E-state index < -0.39 is 17.1 Å². The van der Waals surface area contributed by atoms with E-state index in [0.29, 0.717) is 18.8 Å². The van der Waals surface area contributed by atoms with Crippen molar-refractivity contribution in [3.8, 4) is 18.1 Å². The zero-order valence-corrected chi connectivity index (χ0v) is 13.3. The highest BCUT2D eigenvalue weighted by atomic mass is 19.1. The predicted molar refractivity (Wildman–Crippen MR) is 87.6 cm³/mol. The van der Waals surface area contributed by atoms with Gasteiger partial charge in [0.2, 0.25) is 5.43 Å². The smallest absolute Gasteiger partial charge is 0.223 e. The summed E-state index contributed by atoms with van der Waals surface area (Å²) in [5, 5.41) is 9.69. The minimum atomic E-state index is -0.506. The number of rotatable bonds is 6. The Hall–Kier alpha value is -2.65. The highest BCUT2D eigenvalue weighted by Crippen LogP contribution is 2.13. The molecule has 0 spiro atoms. The van der Waals surface area contributed by atoms with E-state index in [0.717, 1.165) is 18.2 Å². The van der Waals surface area contributed by atoms with E-state index in [4.69, 9.17) is 6.42 Å². The Kier molecular flexibility index (Phi) is 5.72. The van der Waals surface area contributed by atoms with Gasteiger partial charge in [0.1, 0.15) is 11.6 Å². The molecule has 0 unspecified atom stereocenters. The van der Waals surface area contributed by atoms with Crippen LogP contribution in [0.5, 0.6) is 5.75 Å². The van der Waals surface area contributed by atoms with Crippen LogP contribution in [0.3, 0.4) is 0 Å². The summed E-state index contributed by atoms with van der Waals surface area (Å²) in [6, 6.07) is 4.58. The third kappa shape index (κ3) is 4.21. The molecular formula is C18H18F2N2O2. The number of aromatic nitrogens is 1. The lowest BCUT2D eigenvalue weighted by Crippen LogP contribution is -2.28. The van der Waals surface area contributed by atoms with E-state index >= 15 is 0 Å². The predicted octanol–water partition coefficient (Wildman–Crippen LogP) is 2.28. The van der Waals surface area contributed by atoms with Crippen LogP contribution < -0.4 is 5.43 Å². The van der Waals surface area contributed by atoms with Gasteiger partial charge in [-0.3, -0.25) is 9.69 Å². The van der Waals surface area contributed by atoms with E-state index in [2.05, 4.69) is 5.92 Å². The number of halogens is 2. The molecule has 1 aromatic carbocycles. The first-order valence-corrected chi connectivity index (χ1v) is 7.41. The number of hydrogen-bond acceptors (Lipinski definition) is 3. The average Bonchev–Trinajstić information content (AvgIpc) is 2.55. The van der Waals surface area contributed by atoms with Crippen molar-refractivity contribution in [3.05, 3.63) is 63.6 Å². The van der Waals surface area contributed by atoms with Crippen molar-refractivity contribution in [2.45, 2.75) is 20.0 Å². The molecule has 1 heterocycles. The molecule has 0 aliphatic rings. The van der Waals surface area contributed by atoms with Gasteiger partial charge in [0.15, 0.2) is 5.75 Å². The minimum Gasteiger partial charge on any atom is -0.503 e. The molecular weight excluding hydrogens is 314 g/mol. The lowest BCUT2D eigenvalue weighted by atomic mass is 10.2. The molecule has 4 nitrogen and oxygen atoms in total. The standard InChI is InChI=1S/C18H18F2N2O2/c1-3-7-21(12-14-11-15(19)4-5-16(14)20)9-10-22-8-6-17(23)18(24)13(22)2/h1,4-6,8,11,24H,7,9-10,12H2,2H3. The van der Waals surface area contributed by atoms with Gasteiger partial charge in [-0.1, -0.05) is 5.92 Å². The topological polar surface area (TPSA) is 45.5 Å². The maximum absolute atomic E-state index is 13.8. The first kappa shape index (κ1) is 17.7. The fraction of sp³-hybridized carbons (Fsp3) is 0.278. The summed E-state index contributed by atoms with van der Waals surface area (Å²) in [6.45, 7) is 2.95. The molecule has 24 heavy (non-hydrogen) atoms. The Bertz CT molecular complexity index is 825. The van der Waals surface area contributed by atoms with E-state index in [1.165, 1.54) is 6.07 Å². The maximum atomic E-state index is 13.8. The van der Waals surface area contributed by atoms with Gasteiger partial charge in [-0.25, -0.2) is 8.78 Å². The third-order valence-electron chi connectivity index (χ3n) is 3.79. The first-order valence-electron chi connectivity index (χ1n) is 7.41. The van der Waals surface area contributed by atoms with Gasteiger partial charge < -0.3 is 9.67 Å². The monoisotopic (exact) mass is 332 g/mol. The minimum absolute atomic E-state index is 0.166. The quantitative estimate of drug-likeness (QED) is 0.826. The summed E-state index contributed by atoms with van der Waals surface area (Å²) >= 11 is 0. The molecule has 0 saturated carbocycles. The van der Waals surface area contributed by atoms with Crippen molar-refractivity contribution in [1.29, 1.82) is 0 Å². The molecule has 1 aromatic heterocycles. The molecule has 126 valence electrons. The summed E-state index contributed by atoms with van der Waals surface area (Å²) in [7, 11) is 0. The van der Waals surface area contributed by atoms with E-state index in [9.17, 15) is 18.7 Å². The molecule has 0 fully saturated rings. The Morgan fingerprint density at radius 2 is 2.08 bits per heavy atom. The summed E-state index contributed by atoms with van der Waals surface area (Å²) < 4.78 is 28.8. The summed E-state index contributed by atoms with van der Waals surface area (Å²) in [5.74, 6) is 1.20. The van der Waals surface area contributed by atoms with E-state index in [1.807, 2.05) is 0 Å². The second kappa shape index (κ2) is 7.75. The van der Waals surface area contributed by atoms with Crippen LogP contribution in [0.2, 0.25) is 0 Å². The number of aromatic hydroxyl groups is 1. The Morgan fingerprint density at radius 1 is 1.33 bits per heavy atom. The molecule has 2 aromatic rings. The normalized spacial score (nSPS) is 10.8. The summed E-state index contributed by atoms with van der Waals surface area (Å²) in [5.41, 5.74) is 0.232. The molecule has 1 N–H and O–H groups in total. The lowest BCUT2D eigenvalue weighted by Gasteiger charge is -2.22. The Balaban J connectivity index is 2.12. The van der Waals surface area contributed by atoms with Crippen molar-refractivity contribution in [2.24, 2.45) is 0 Å². The van der Waals surface area contributed by atoms with Crippen LogP contribution in [0.15, 0.2) is 35.3 Å². The molecule has 0 atom stereocenters. The fourth-order valence-corrected chi connectivity index (χ4v) is 2.40. The van der Waals surface area contributed by atoms with Crippen LogP contribution in [0.1, 0.15) is 11.3 Å². The van der Waals surface area contributed by atoms with Crippen LogP contribution in [-0.4, -0.2) is 27.7 Å². The maximum Gasteiger partial charge on any atom is 0.223 e. The second-order valence-corrected chi connectivity index (χ2v) is 5.46. The Labute approximate surface area is 139 Å². The lowest BCUT2D eigenvalue weighted by molar-refractivity contribution is 0.279. The van der Waals surface area contributed by atoms with Crippen molar-refractivity contribution in [3.63, 3.8) is 0 Å². The highest BCUT2D eigenvalue weighted by Gasteiger charge is 2.11. The van der Waals surface area contributed by atoms with Crippen LogP contribution in [0.25, 0.3) is 0 Å². The van der Waals surface area contributed by atoms with Gasteiger partial charge in [-0.2, -0.15) is 0 Å². The Morgan fingerprint density at radius 3 is 2.79 bits per heavy atom. The summed E-state index contributed by atoms with van der Waals surface area (Å²) in [6.07, 6.45) is 6.92. The molecule has 0 aliphatic carbocycles. The molecule has 6 heteroatoms. The fourth-order valence-electron chi connectivity index (χ4n) is 2.40. The highest BCUT2D eigenvalue weighted by molar-refractivity contribution is 5.25. The van der Waals surface area contributed by atoms with Gasteiger partial charge in [0, 0.05) is 37.5 Å². The van der Waals surface area contributed by atoms with Crippen molar-refractivity contribution >= 4 is 0 Å². The number of pyridine rings is 1. The van der Waals surface area contributed by atoms with Gasteiger partial charge in [-0.15, -0.1) is 6.42 Å². The number of terminal acetylenes is 1. The largest absolute Gasteiger partial charge is 0.503 e. The molecule has 0 saturated heterocycles. The molecule has 0 amide bonds. The number of benzene rings is 1. The molecule has 0 radical (unpaired) electrons. The third-order valence-corrected chi connectivity index (χ3v) is 3.79. The molecule has 2 rings (SSSR count). The molecule has 0 bridgehead atoms. The summed E-state index contributed by atoms with van der Waals surface area (Å²) in [4.78, 5) is 13.1. The van der Waals surface area contributed by atoms with Crippen LogP contribution in [-0.2, 0) is 13.1 Å². The van der Waals surface area contributed by atoms with Gasteiger partial charge in [-0.05, 0) is 25.1 Å². The van der Waals surface area contributed by atoms with Crippen LogP contribution in [0.4, 0.5) is 8.78 Å². The van der Waals surface area contributed by atoms with E-state index in [1.54, 1.807) is 22.6 Å².